The van der Waals surface area contributed by atoms with Crippen molar-refractivity contribution in [3.05, 3.63) is 46.7 Å². The van der Waals surface area contributed by atoms with Crippen LogP contribution in [0.4, 0.5) is 0 Å². The van der Waals surface area contributed by atoms with E-state index >= 15 is 0 Å². The molecule has 0 spiro atoms. The van der Waals surface area contributed by atoms with Crippen molar-refractivity contribution >= 4 is 27.0 Å². The lowest BCUT2D eigenvalue weighted by Crippen LogP contribution is -1.83. The maximum atomic E-state index is 4.55. The molecule has 0 fully saturated rings. The quantitative estimate of drug-likeness (QED) is 0.742. The molecule has 17 heavy (non-hydrogen) atoms. The molecular weight excluding hydrogens is 278 g/mol. The van der Waals surface area contributed by atoms with Crippen molar-refractivity contribution in [1.29, 1.82) is 0 Å². The molecule has 0 radical (unpaired) electrons. The van der Waals surface area contributed by atoms with Gasteiger partial charge in [0, 0.05) is 22.4 Å². The minimum absolute atomic E-state index is 0.856. The number of fused-ring (bicyclic) bond motifs is 1. The molecule has 0 saturated carbocycles. The van der Waals surface area contributed by atoms with Gasteiger partial charge < -0.3 is 4.98 Å². The molecule has 2 heterocycles. The Morgan fingerprint density at radius 2 is 2.06 bits per heavy atom. The molecule has 84 valence electrons. The summed E-state index contributed by atoms with van der Waals surface area (Å²) in [4.78, 5) is 12.0. The Labute approximate surface area is 107 Å². The minimum Gasteiger partial charge on any atom is -0.338 e. The van der Waals surface area contributed by atoms with Gasteiger partial charge in [0.2, 0.25) is 0 Å². The van der Waals surface area contributed by atoms with Crippen molar-refractivity contribution < 1.29 is 0 Å². The summed E-state index contributed by atoms with van der Waals surface area (Å²) in [6.07, 6.45) is 3.66. The number of H-pyrrole nitrogens is 1. The highest BCUT2D eigenvalue weighted by molar-refractivity contribution is 9.10. The molecule has 0 saturated heterocycles. The predicted octanol–water partition coefficient (Wildman–Crippen LogP) is 3.70. The van der Waals surface area contributed by atoms with E-state index in [2.05, 4.69) is 36.9 Å². The standard InChI is InChI=1S/C13H10BrN3/c1-8-4-9(7-15-6-8)13-16-11-3-2-10(14)5-12(11)17-13/h2-7H,1H3,(H,16,17). The Morgan fingerprint density at radius 3 is 2.88 bits per heavy atom. The van der Waals surface area contributed by atoms with Gasteiger partial charge >= 0.3 is 0 Å². The van der Waals surface area contributed by atoms with Crippen LogP contribution in [-0.2, 0) is 0 Å². The highest BCUT2D eigenvalue weighted by Crippen LogP contribution is 2.22. The van der Waals surface area contributed by atoms with E-state index in [9.17, 15) is 0 Å². The molecule has 2 aromatic heterocycles. The lowest BCUT2D eigenvalue weighted by atomic mass is 10.2. The van der Waals surface area contributed by atoms with Crippen molar-refractivity contribution in [1.82, 2.24) is 15.0 Å². The number of pyridine rings is 1. The van der Waals surface area contributed by atoms with Gasteiger partial charge in [-0.3, -0.25) is 4.98 Å². The zero-order valence-electron chi connectivity index (χ0n) is 9.24. The first-order chi connectivity index (χ1) is 8.22. The Morgan fingerprint density at radius 1 is 1.18 bits per heavy atom. The minimum atomic E-state index is 0.856. The lowest BCUT2D eigenvalue weighted by Gasteiger charge is -1.96. The third-order valence-corrected chi connectivity index (χ3v) is 3.09. The fraction of sp³-hybridized carbons (Fsp3) is 0.0769. The summed E-state index contributed by atoms with van der Waals surface area (Å²) in [7, 11) is 0. The molecule has 3 nitrogen and oxygen atoms in total. The van der Waals surface area contributed by atoms with Crippen LogP contribution >= 0.6 is 15.9 Å². The molecule has 1 N–H and O–H groups in total. The monoisotopic (exact) mass is 287 g/mol. The third-order valence-electron chi connectivity index (χ3n) is 2.59. The van der Waals surface area contributed by atoms with E-state index in [4.69, 9.17) is 0 Å². The van der Waals surface area contributed by atoms with Crippen molar-refractivity contribution in [3.8, 4) is 11.4 Å². The van der Waals surface area contributed by atoms with Crippen LogP contribution in [0.5, 0.6) is 0 Å². The molecule has 0 aliphatic carbocycles. The van der Waals surface area contributed by atoms with Gasteiger partial charge in [-0.1, -0.05) is 15.9 Å². The molecule has 3 aromatic rings. The first-order valence-electron chi connectivity index (χ1n) is 5.30. The molecule has 0 bridgehead atoms. The number of aromatic amines is 1. The van der Waals surface area contributed by atoms with Crippen molar-refractivity contribution in [3.63, 3.8) is 0 Å². The molecule has 4 heteroatoms. The van der Waals surface area contributed by atoms with Gasteiger partial charge in [-0.2, -0.15) is 0 Å². The Bertz CT molecular complexity index is 688. The fourth-order valence-electron chi connectivity index (χ4n) is 1.80. The second-order valence-electron chi connectivity index (χ2n) is 4.00. The molecule has 0 amide bonds. The summed E-state index contributed by atoms with van der Waals surface area (Å²) in [6, 6.07) is 8.07. The number of halogens is 1. The van der Waals surface area contributed by atoms with E-state index in [0.717, 1.165) is 32.5 Å². The highest BCUT2D eigenvalue weighted by Gasteiger charge is 2.05. The van der Waals surface area contributed by atoms with Gasteiger partial charge in [0.25, 0.3) is 0 Å². The second kappa shape index (κ2) is 3.96. The first kappa shape index (κ1) is 10.5. The lowest BCUT2D eigenvalue weighted by molar-refractivity contribution is 1.24. The fourth-order valence-corrected chi connectivity index (χ4v) is 2.16. The number of nitrogens with one attached hydrogen (secondary N) is 1. The predicted molar refractivity (Wildman–Crippen MR) is 71.8 cm³/mol. The van der Waals surface area contributed by atoms with E-state index < -0.39 is 0 Å². The van der Waals surface area contributed by atoms with E-state index in [0.29, 0.717) is 0 Å². The van der Waals surface area contributed by atoms with Crippen molar-refractivity contribution in [2.75, 3.05) is 0 Å². The summed E-state index contributed by atoms with van der Waals surface area (Å²) in [5.74, 6) is 0.856. The summed E-state index contributed by atoms with van der Waals surface area (Å²) in [6.45, 7) is 2.02. The third kappa shape index (κ3) is 1.96. The van der Waals surface area contributed by atoms with Crippen LogP contribution < -0.4 is 0 Å². The topological polar surface area (TPSA) is 41.6 Å². The molecular formula is C13H10BrN3. The Balaban J connectivity index is 2.18. The molecule has 0 aliphatic heterocycles. The van der Waals surface area contributed by atoms with E-state index in [-0.39, 0.29) is 0 Å². The number of benzene rings is 1. The molecule has 0 aliphatic rings. The number of aromatic nitrogens is 3. The number of rotatable bonds is 1. The van der Waals surface area contributed by atoms with Crippen LogP contribution in [0.1, 0.15) is 5.56 Å². The summed E-state index contributed by atoms with van der Waals surface area (Å²) in [5.41, 5.74) is 4.13. The van der Waals surface area contributed by atoms with Gasteiger partial charge in [0.05, 0.1) is 11.0 Å². The van der Waals surface area contributed by atoms with Crippen LogP contribution in [-0.4, -0.2) is 15.0 Å². The first-order valence-corrected chi connectivity index (χ1v) is 6.09. The number of nitrogens with zero attached hydrogens (tertiary/aromatic N) is 2. The normalized spacial score (nSPS) is 10.9. The summed E-state index contributed by atoms with van der Waals surface area (Å²) < 4.78 is 1.04. The van der Waals surface area contributed by atoms with Gasteiger partial charge in [-0.25, -0.2) is 4.98 Å². The zero-order chi connectivity index (χ0) is 11.8. The molecule has 0 unspecified atom stereocenters. The van der Waals surface area contributed by atoms with Gasteiger partial charge in [-0.05, 0) is 36.8 Å². The van der Waals surface area contributed by atoms with E-state index in [1.54, 1.807) is 0 Å². The van der Waals surface area contributed by atoms with E-state index in [1.807, 2.05) is 37.5 Å². The average molecular weight is 288 g/mol. The maximum Gasteiger partial charge on any atom is 0.140 e. The van der Waals surface area contributed by atoms with Crippen LogP contribution in [0.25, 0.3) is 22.4 Å². The van der Waals surface area contributed by atoms with Gasteiger partial charge in [0.15, 0.2) is 0 Å². The second-order valence-corrected chi connectivity index (χ2v) is 4.91. The van der Waals surface area contributed by atoms with Gasteiger partial charge in [-0.15, -0.1) is 0 Å². The SMILES string of the molecule is Cc1cncc(-c2nc3ccc(Br)cc3[nH]2)c1. The Hall–Kier alpha value is -1.68. The number of imidazole rings is 1. The number of hydrogen-bond donors (Lipinski definition) is 1. The molecule has 0 atom stereocenters. The molecule has 1 aromatic carbocycles. The van der Waals surface area contributed by atoms with Crippen LogP contribution in [0.15, 0.2) is 41.1 Å². The largest absolute Gasteiger partial charge is 0.338 e. The highest BCUT2D eigenvalue weighted by atomic mass is 79.9. The van der Waals surface area contributed by atoms with Crippen LogP contribution in [0.3, 0.4) is 0 Å². The van der Waals surface area contributed by atoms with Crippen molar-refractivity contribution in [2.24, 2.45) is 0 Å². The average Bonchev–Trinajstić information content (AvgIpc) is 2.72. The zero-order valence-corrected chi connectivity index (χ0v) is 10.8. The Kier molecular flexibility index (Phi) is 2.44. The number of hydrogen-bond acceptors (Lipinski definition) is 2. The molecule has 3 rings (SSSR count). The smallest absolute Gasteiger partial charge is 0.140 e. The van der Waals surface area contributed by atoms with Crippen LogP contribution in [0, 0.1) is 6.92 Å². The van der Waals surface area contributed by atoms with Gasteiger partial charge in [0.1, 0.15) is 5.82 Å². The van der Waals surface area contributed by atoms with E-state index in [1.165, 1.54) is 0 Å². The van der Waals surface area contributed by atoms with Crippen LogP contribution in [0.2, 0.25) is 0 Å². The maximum absolute atomic E-state index is 4.55. The summed E-state index contributed by atoms with van der Waals surface area (Å²) in [5, 5.41) is 0. The summed E-state index contributed by atoms with van der Waals surface area (Å²) >= 11 is 3.45. The van der Waals surface area contributed by atoms with Crippen molar-refractivity contribution in [2.45, 2.75) is 6.92 Å². The number of aryl methyl sites for hydroxylation is 1.